The molecule has 0 spiro atoms. The van der Waals surface area contributed by atoms with Crippen molar-refractivity contribution >= 4 is 44.4 Å². The van der Waals surface area contributed by atoms with Crippen LogP contribution in [0.2, 0.25) is 0 Å². The topological polar surface area (TPSA) is 140 Å². The van der Waals surface area contributed by atoms with E-state index >= 15 is 0 Å². The molecule has 4 rings (SSSR count). The van der Waals surface area contributed by atoms with Gasteiger partial charge in [0.15, 0.2) is 5.54 Å². The van der Waals surface area contributed by atoms with Crippen LogP contribution in [0.1, 0.15) is 90.1 Å². The van der Waals surface area contributed by atoms with Crippen LogP contribution in [-0.4, -0.2) is 67.6 Å². The predicted octanol–water partition coefficient (Wildman–Crippen LogP) is 4.70. The van der Waals surface area contributed by atoms with Gasteiger partial charge in [-0.15, -0.1) is 11.3 Å². The minimum atomic E-state index is -4.76. The zero-order chi connectivity index (χ0) is 30.1. The van der Waals surface area contributed by atoms with Gasteiger partial charge in [-0.05, 0) is 52.2 Å². The number of carbonyl (C=O) groups is 3. The van der Waals surface area contributed by atoms with Crippen molar-refractivity contribution in [1.29, 1.82) is 0 Å². The van der Waals surface area contributed by atoms with E-state index in [0.717, 1.165) is 61.6 Å². The molecule has 1 atom stereocenters. The number of anilines is 1. The monoisotopic (exact) mass is 608 g/mol. The Morgan fingerprint density at radius 1 is 1.17 bits per heavy atom. The number of carbonyl (C=O) groups excluding carboxylic acids is 2. The Kier molecular flexibility index (Phi) is 9.00. The number of amides is 1. The van der Waals surface area contributed by atoms with Crippen molar-refractivity contribution in [3.05, 3.63) is 45.8 Å². The minimum absolute atomic E-state index is 0.0140. The van der Waals surface area contributed by atoms with Crippen LogP contribution in [0.5, 0.6) is 5.75 Å². The van der Waals surface area contributed by atoms with Gasteiger partial charge in [0, 0.05) is 5.56 Å². The van der Waals surface area contributed by atoms with Crippen molar-refractivity contribution in [2.45, 2.75) is 77.5 Å². The maximum absolute atomic E-state index is 14.2. The number of nitrogens with zero attached hydrogens (tertiary/aromatic N) is 2. The van der Waals surface area contributed by atoms with Crippen molar-refractivity contribution in [3.63, 3.8) is 0 Å². The summed E-state index contributed by atoms with van der Waals surface area (Å²) in [5.41, 5.74) is -1.36. The molecule has 224 valence electrons. The Balaban J connectivity index is 1.91. The predicted molar refractivity (Wildman–Crippen MR) is 153 cm³/mol. The van der Waals surface area contributed by atoms with Crippen molar-refractivity contribution in [1.82, 2.24) is 4.31 Å². The maximum atomic E-state index is 14.2. The molecule has 0 radical (unpaired) electrons. The van der Waals surface area contributed by atoms with E-state index in [-0.39, 0.29) is 40.3 Å². The van der Waals surface area contributed by atoms with Crippen LogP contribution < -0.4 is 9.04 Å². The van der Waals surface area contributed by atoms with Crippen LogP contribution in [-0.2, 0) is 24.5 Å². The maximum Gasteiger partial charge on any atom is 0.348 e. The number of hydrogen-bond donors (Lipinski definition) is 1. The standard InChI is InChI=1S/C28H36N2O9S2/c1-6-38-26(32)23-17(2)22-24(31)30(28(3,4)27(33)34)41(35,36)29(25(22)40-23)16-21(39-18-12-8-7-9-13-18)19-14-10-11-15-20(19)37-5/h10-11,14-15,18,21H,6-9,12-13,16H2,1-5H3,(H,33,34)/t21-/m0/s1. The third kappa shape index (κ3) is 5.67. The number of benzene rings is 1. The molecular formula is C28H36N2O9S2. The number of para-hydroxylation sites is 1. The molecule has 1 aromatic carbocycles. The first-order valence-corrected chi connectivity index (χ1v) is 15.8. The summed E-state index contributed by atoms with van der Waals surface area (Å²) in [6, 6.07) is 7.13. The first kappa shape index (κ1) is 30.8. The van der Waals surface area contributed by atoms with E-state index in [0.29, 0.717) is 15.6 Å². The van der Waals surface area contributed by atoms with E-state index in [4.69, 9.17) is 14.2 Å². The van der Waals surface area contributed by atoms with Gasteiger partial charge in [0.2, 0.25) is 0 Å². The molecule has 2 aromatic rings. The lowest BCUT2D eigenvalue weighted by molar-refractivity contribution is -0.145. The Bertz CT molecular complexity index is 1430. The average Bonchev–Trinajstić information content (AvgIpc) is 3.27. The van der Waals surface area contributed by atoms with Crippen molar-refractivity contribution in [2.24, 2.45) is 0 Å². The SMILES string of the molecule is CCOC(=O)c1sc2c(c1C)C(=O)N(C(C)(C)C(=O)O)S(=O)(=O)N2C[C@H](OC1CCCCC1)c1ccccc1OC. The molecule has 2 heterocycles. The molecule has 1 N–H and O–H groups in total. The lowest BCUT2D eigenvalue weighted by Gasteiger charge is -2.42. The van der Waals surface area contributed by atoms with Gasteiger partial charge in [0.1, 0.15) is 21.7 Å². The number of methoxy groups -OCH3 is 1. The summed E-state index contributed by atoms with van der Waals surface area (Å²) in [6.45, 7) is 5.27. The fourth-order valence-corrected chi connectivity index (χ4v) is 8.55. The molecule has 1 aromatic heterocycles. The highest BCUT2D eigenvalue weighted by Crippen LogP contribution is 2.46. The molecule has 1 aliphatic heterocycles. The summed E-state index contributed by atoms with van der Waals surface area (Å²) in [4.78, 5) is 38.9. The van der Waals surface area contributed by atoms with Crippen LogP contribution in [0.15, 0.2) is 24.3 Å². The van der Waals surface area contributed by atoms with Gasteiger partial charge in [-0.1, -0.05) is 37.5 Å². The quantitative estimate of drug-likeness (QED) is 0.380. The van der Waals surface area contributed by atoms with Crippen LogP contribution in [0, 0.1) is 6.92 Å². The van der Waals surface area contributed by atoms with Crippen LogP contribution in [0.4, 0.5) is 5.00 Å². The molecule has 11 nitrogen and oxygen atoms in total. The molecule has 2 aliphatic rings. The third-order valence-electron chi connectivity index (χ3n) is 7.48. The molecule has 41 heavy (non-hydrogen) atoms. The van der Waals surface area contributed by atoms with E-state index in [9.17, 15) is 27.9 Å². The number of rotatable bonds is 10. The molecule has 0 unspecified atom stereocenters. The molecular weight excluding hydrogens is 572 g/mol. The highest BCUT2D eigenvalue weighted by molar-refractivity contribution is 7.91. The van der Waals surface area contributed by atoms with E-state index in [1.165, 1.54) is 14.0 Å². The lowest BCUT2D eigenvalue weighted by Crippen LogP contribution is -2.62. The first-order chi connectivity index (χ1) is 19.4. The van der Waals surface area contributed by atoms with E-state index in [1.54, 1.807) is 31.2 Å². The van der Waals surface area contributed by atoms with Crippen molar-refractivity contribution in [2.75, 3.05) is 24.6 Å². The van der Waals surface area contributed by atoms with Gasteiger partial charge in [0.25, 0.3) is 5.91 Å². The van der Waals surface area contributed by atoms with Gasteiger partial charge in [-0.3, -0.25) is 4.79 Å². The van der Waals surface area contributed by atoms with Crippen LogP contribution in [0.3, 0.4) is 0 Å². The first-order valence-electron chi connectivity index (χ1n) is 13.6. The fourth-order valence-electron chi connectivity index (χ4n) is 5.26. The number of carboxylic acids is 1. The second-order valence-corrected chi connectivity index (χ2v) is 13.3. The van der Waals surface area contributed by atoms with E-state index < -0.39 is 39.7 Å². The number of carboxylic acid groups (broad SMARTS) is 1. The van der Waals surface area contributed by atoms with Gasteiger partial charge in [-0.25, -0.2) is 18.2 Å². The fraction of sp³-hybridized carbons (Fsp3) is 0.536. The van der Waals surface area contributed by atoms with Gasteiger partial charge < -0.3 is 19.3 Å². The molecule has 1 aliphatic carbocycles. The molecule has 13 heteroatoms. The highest BCUT2D eigenvalue weighted by Gasteiger charge is 2.54. The number of esters is 1. The molecule has 1 fully saturated rings. The van der Waals surface area contributed by atoms with Crippen LogP contribution in [0.25, 0.3) is 0 Å². The second-order valence-electron chi connectivity index (χ2n) is 10.6. The van der Waals surface area contributed by atoms with Crippen molar-refractivity contribution < 1.29 is 42.1 Å². The summed E-state index contributed by atoms with van der Waals surface area (Å²) in [7, 11) is -3.25. The normalized spacial score (nSPS) is 18.1. The van der Waals surface area contributed by atoms with Gasteiger partial charge in [0.05, 0.1) is 31.9 Å². The average molecular weight is 609 g/mol. The Hall–Kier alpha value is -3.16. The van der Waals surface area contributed by atoms with E-state index in [2.05, 4.69) is 0 Å². The Morgan fingerprint density at radius 2 is 1.83 bits per heavy atom. The Labute approximate surface area is 244 Å². The number of ether oxygens (including phenoxy) is 3. The highest BCUT2D eigenvalue weighted by atomic mass is 32.2. The molecule has 1 amide bonds. The molecule has 0 bridgehead atoms. The van der Waals surface area contributed by atoms with Gasteiger partial charge in [-0.2, -0.15) is 8.42 Å². The molecule has 0 saturated heterocycles. The zero-order valence-electron chi connectivity index (χ0n) is 23.8. The second kappa shape index (κ2) is 12.0. The summed E-state index contributed by atoms with van der Waals surface area (Å²) in [5.74, 6) is -2.72. The van der Waals surface area contributed by atoms with Gasteiger partial charge >= 0.3 is 22.1 Å². The Morgan fingerprint density at radius 3 is 2.44 bits per heavy atom. The third-order valence-corrected chi connectivity index (χ3v) is 10.9. The zero-order valence-corrected chi connectivity index (χ0v) is 25.5. The smallest absolute Gasteiger partial charge is 0.348 e. The summed E-state index contributed by atoms with van der Waals surface area (Å²) >= 11 is 0.829. The molecule has 1 saturated carbocycles. The van der Waals surface area contributed by atoms with Crippen LogP contribution >= 0.6 is 11.3 Å². The largest absolute Gasteiger partial charge is 0.496 e. The lowest BCUT2D eigenvalue weighted by atomic mass is 9.97. The number of aliphatic carboxylic acids is 1. The van der Waals surface area contributed by atoms with E-state index in [1.807, 2.05) is 0 Å². The number of thiophene rings is 1. The summed E-state index contributed by atoms with van der Waals surface area (Å²) in [6.07, 6.45) is 3.73. The minimum Gasteiger partial charge on any atom is -0.496 e. The number of hydrogen-bond acceptors (Lipinski definition) is 9. The van der Waals surface area contributed by atoms with Crippen molar-refractivity contribution in [3.8, 4) is 5.75 Å². The summed E-state index contributed by atoms with van der Waals surface area (Å²) < 4.78 is 47.2. The number of fused-ring (bicyclic) bond motifs is 1. The summed E-state index contributed by atoms with van der Waals surface area (Å²) in [5, 5.41) is 9.98.